The second kappa shape index (κ2) is 8.04. The molecule has 0 saturated heterocycles. The quantitative estimate of drug-likeness (QED) is 0.720. The molecule has 2 aromatic rings. The molecule has 1 aromatic heterocycles. The molecule has 1 heterocycles. The Labute approximate surface area is 151 Å². The van der Waals surface area contributed by atoms with Crippen LogP contribution in [0.15, 0.2) is 40.1 Å². The molecule has 1 unspecified atom stereocenters. The third-order valence-electron chi connectivity index (χ3n) is 4.71. The van der Waals surface area contributed by atoms with E-state index in [0.717, 1.165) is 18.4 Å². The molecule has 6 heteroatoms. The number of nitrogens with zero attached hydrogens (tertiary/aromatic N) is 2. The predicted molar refractivity (Wildman–Crippen MR) is 96.9 cm³/mol. The second-order valence-electron chi connectivity index (χ2n) is 6.50. The monoisotopic (exact) mass is 362 g/mol. The summed E-state index contributed by atoms with van der Waals surface area (Å²) in [5, 5.41) is 0.198. The normalized spacial score (nSPS) is 16.6. The van der Waals surface area contributed by atoms with Crippen LogP contribution in [0.1, 0.15) is 39.0 Å². The van der Waals surface area contributed by atoms with Crippen LogP contribution in [0.2, 0.25) is 0 Å². The topological polar surface area (TPSA) is 46.3 Å². The van der Waals surface area contributed by atoms with E-state index >= 15 is 0 Å². The van der Waals surface area contributed by atoms with Crippen molar-refractivity contribution in [2.24, 2.45) is 0 Å². The molecule has 0 bridgehead atoms. The predicted octanol–water partition coefficient (Wildman–Crippen LogP) is 4.75. The third-order valence-corrected chi connectivity index (χ3v) is 5.65. The maximum atomic E-state index is 13.0. The third kappa shape index (κ3) is 4.42. The van der Waals surface area contributed by atoms with Crippen LogP contribution in [0.5, 0.6) is 0 Å². The molecule has 3 rings (SSSR count). The zero-order chi connectivity index (χ0) is 17.8. The van der Waals surface area contributed by atoms with Crippen molar-refractivity contribution in [2.45, 2.75) is 55.5 Å². The SMILES string of the molecule is CC(Sc1ncc(-c2ccc(F)cc2)o1)C(=O)N(C)C1CCCCC1. The second-order valence-corrected chi connectivity index (χ2v) is 7.79. The first-order chi connectivity index (χ1) is 12.0. The van der Waals surface area contributed by atoms with Crippen molar-refractivity contribution in [3.8, 4) is 11.3 Å². The molecule has 1 aliphatic rings. The van der Waals surface area contributed by atoms with Gasteiger partial charge < -0.3 is 9.32 Å². The van der Waals surface area contributed by atoms with Crippen molar-refractivity contribution in [1.82, 2.24) is 9.88 Å². The molecule has 1 saturated carbocycles. The lowest BCUT2D eigenvalue weighted by Crippen LogP contribution is -2.42. The molecule has 134 valence electrons. The number of carbonyl (C=O) groups is 1. The number of carbonyl (C=O) groups excluding carboxylic acids is 1. The van der Waals surface area contributed by atoms with Gasteiger partial charge in [-0.2, -0.15) is 0 Å². The van der Waals surface area contributed by atoms with Crippen molar-refractivity contribution in [3.63, 3.8) is 0 Å². The summed E-state index contributed by atoms with van der Waals surface area (Å²) >= 11 is 1.32. The molecular weight excluding hydrogens is 339 g/mol. The molecule has 4 nitrogen and oxygen atoms in total. The number of benzene rings is 1. The summed E-state index contributed by atoms with van der Waals surface area (Å²) in [7, 11) is 1.90. The highest BCUT2D eigenvalue weighted by molar-refractivity contribution is 8.00. The Hall–Kier alpha value is -1.82. The minimum atomic E-state index is -0.289. The van der Waals surface area contributed by atoms with Crippen LogP contribution < -0.4 is 0 Å². The molecule has 25 heavy (non-hydrogen) atoms. The van der Waals surface area contributed by atoms with Crippen LogP contribution in [0.25, 0.3) is 11.3 Å². The van der Waals surface area contributed by atoms with Crippen LogP contribution in [-0.4, -0.2) is 34.1 Å². The fourth-order valence-corrected chi connectivity index (χ4v) is 4.02. The molecule has 1 fully saturated rings. The lowest BCUT2D eigenvalue weighted by Gasteiger charge is -2.32. The van der Waals surface area contributed by atoms with Gasteiger partial charge in [0.2, 0.25) is 5.91 Å². The molecular formula is C19H23FN2O2S. The molecule has 0 radical (unpaired) electrons. The average molecular weight is 362 g/mol. The van der Waals surface area contributed by atoms with E-state index in [2.05, 4.69) is 4.98 Å². The van der Waals surface area contributed by atoms with Crippen molar-refractivity contribution < 1.29 is 13.6 Å². The summed E-state index contributed by atoms with van der Waals surface area (Å²) in [4.78, 5) is 18.8. The largest absolute Gasteiger partial charge is 0.431 e. The Morgan fingerprint density at radius 1 is 1.28 bits per heavy atom. The summed E-state index contributed by atoms with van der Waals surface area (Å²) in [5.41, 5.74) is 0.763. The van der Waals surface area contributed by atoms with E-state index in [1.165, 1.54) is 43.2 Å². The maximum Gasteiger partial charge on any atom is 0.256 e. The van der Waals surface area contributed by atoms with Gasteiger partial charge in [-0.1, -0.05) is 31.0 Å². The van der Waals surface area contributed by atoms with Gasteiger partial charge in [-0.25, -0.2) is 9.37 Å². The first-order valence-corrected chi connectivity index (χ1v) is 9.57. The lowest BCUT2D eigenvalue weighted by atomic mass is 9.94. The van der Waals surface area contributed by atoms with Gasteiger partial charge in [0.1, 0.15) is 5.82 Å². The van der Waals surface area contributed by atoms with E-state index < -0.39 is 0 Å². The Balaban J connectivity index is 1.61. The first kappa shape index (κ1) is 18.0. The Morgan fingerprint density at radius 3 is 2.64 bits per heavy atom. The minimum absolute atomic E-state index is 0.110. The molecule has 1 amide bonds. The van der Waals surface area contributed by atoms with Crippen LogP contribution >= 0.6 is 11.8 Å². The van der Waals surface area contributed by atoms with E-state index in [1.807, 2.05) is 18.9 Å². The number of rotatable bonds is 5. The average Bonchev–Trinajstić information content (AvgIpc) is 3.10. The number of oxazole rings is 1. The van der Waals surface area contributed by atoms with E-state index in [0.29, 0.717) is 17.0 Å². The van der Waals surface area contributed by atoms with Crippen LogP contribution in [0, 0.1) is 5.82 Å². The van der Waals surface area contributed by atoms with E-state index in [9.17, 15) is 9.18 Å². The molecule has 1 atom stereocenters. The van der Waals surface area contributed by atoms with Gasteiger partial charge in [-0.3, -0.25) is 4.79 Å². The Kier molecular flexibility index (Phi) is 5.78. The lowest BCUT2D eigenvalue weighted by molar-refractivity contribution is -0.131. The van der Waals surface area contributed by atoms with Gasteiger partial charge >= 0.3 is 0 Å². The van der Waals surface area contributed by atoms with Gasteiger partial charge in [-0.05, 0) is 44.0 Å². The number of halogens is 1. The van der Waals surface area contributed by atoms with Gasteiger partial charge in [0.25, 0.3) is 5.22 Å². The number of amides is 1. The van der Waals surface area contributed by atoms with Crippen molar-refractivity contribution in [2.75, 3.05) is 7.05 Å². The molecule has 0 spiro atoms. The van der Waals surface area contributed by atoms with Crippen molar-refractivity contribution >= 4 is 17.7 Å². The standard InChI is InChI=1S/C19H23FN2O2S/c1-13(18(23)22(2)16-6-4-3-5-7-16)25-19-21-12-17(24-19)14-8-10-15(20)11-9-14/h8-13,16H,3-7H2,1-2H3. The summed E-state index contributed by atoms with van der Waals surface area (Å²) in [6.45, 7) is 1.88. The highest BCUT2D eigenvalue weighted by Crippen LogP contribution is 2.30. The van der Waals surface area contributed by atoms with Crippen LogP contribution in [0.3, 0.4) is 0 Å². The minimum Gasteiger partial charge on any atom is -0.431 e. The number of hydrogen-bond donors (Lipinski definition) is 0. The zero-order valence-electron chi connectivity index (χ0n) is 14.6. The fourth-order valence-electron chi connectivity index (χ4n) is 3.20. The summed E-state index contributed by atoms with van der Waals surface area (Å²) < 4.78 is 18.7. The molecule has 1 aromatic carbocycles. The Bertz CT molecular complexity index is 710. The highest BCUT2D eigenvalue weighted by Gasteiger charge is 2.27. The van der Waals surface area contributed by atoms with E-state index in [4.69, 9.17) is 4.42 Å². The summed E-state index contributed by atoms with van der Waals surface area (Å²) in [6.07, 6.45) is 7.46. The molecule has 0 N–H and O–H groups in total. The molecule has 1 aliphatic carbocycles. The van der Waals surface area contributed by atoms with Gasteiger partial charge in [0.05, 0.1) is 11.4 Å². The van der Waals surface area contributed by atoms with Crippen molar-refractivity contribution in [1.29, 1.82) is 0 Å². The van der Waals surface area contributed by atoms with Crippen LogP contribution in [0.4, 0.5) is 4.39 Å². The number of aromatic nitrogens is 1. The van der Waals surface area contributed by atoms with Crippen molar-refractivity contribution in [3.05, 3.63) is 36.3 Å². The van der Waals surface area contributed by atoms with Gasteiger partial charge in [-0.15, -0.1) is 0 Å². The number of thioether (sulfide) groups is 1. The van der Waals surface area contributed by atoms with Gasteiger partial charge in [0, 0.05) is 18.7 Å². The van der Waals surface area contributed by atoms with E-state index in [-0.39, 0.29) is 17.0 Å². The first-order valence-electron chi connectivity index (χ1n) is 8.69. The summed E-state index contributed by atoms with van der Waals surface area (Å²) in [5.74, 6) is 0.393. The Morgan fingerprint density at radius 2 is 1.96 bits per heavy atom. The van der Waals surface area contributed by atoms with E-state index in [1.54, 1.807) is 18.3 Å². The zero-order valence-corrected chi connectivity index (χ0v) is 15.4. The fraction of sp³-hybridized carbons (Fsp3) is 0.474. The maximum absolute atomic E-state index is 13.0. The summed E-state index contributed by atoms with van der Waals surface area (Å²) in [6, 6.07) is 6.42. The highest BCUT2D eigenvalue weighted by atomic mass is 32.2. The van der Waals surface area contributed by atoms with Gasteiger partial charge in [0.15, 0.2) is 5.76 Å². The van der Waals surface area contributed by atoms with Crippen LogP contribution in [-0.2, 0) is 4.79 Å². The number of hydrogen-bond acceptors (Lipinski definition) is 4. The molecule has 0 aliphatic heterocycles. The smallest absolute Gasteiger partial charge is 0.256 e.